The van der Waals surface area contributed by atoms with Crippen molar-refractivity contribution in [3.8, 4) is 0 Å². The lowest BCUT2D eigenvalue weighted by Crippen LogP contribution is -1.81. The molecule has 0 atom stereocenters. The van der Waals surface area contributed by atoms with E-state index >= 15 is 0 Å². The van der Waals surface area contributed by atoms with Gasteiger partial charge >= 0.3 is 0 Å². The number of rotatable bonds is 5. The molecule has 0 aliphatic rings. The van der Waals surface area contributed by atoms with E-state index in [-0.39, 0.29) is 0 Å². The van der Waals surface area contributed by atoms with Gasteiger partial charge in [0, 0.05) is 12.4 Å². The van der Waals surface area contributed by atoms with Crippen LogP contribution in [0.4, 0.5) is 0 Å². The molecule has 1 N–H and O–H groups in total. The van der Waals surface area contributed by atoms with Gasteiger partial charge in [0.1, 0.15) is 0 Å². The summed E-state index contributed by atoms with van der Waals surface area (Å²) in [6.07, 6.45) is 8.85. The number of nitrogens with zero attached hydrogens (tertiary/aromatic N) is 1. The van der Waals surface area contributed by atoms with Crippen LogP contribution in [0.25, 0.3) is 0 Å². The van der Waals surface area contributed by atoms with E-state index in [9.17, 15) is 0 Å². The quantitative estimate of drug-likeness (QED) is 0.462. The molecule has 0 saturated carbocycles. The highest BCUT2D eigenvalue weighted by Gasteiger charge is 1.88. The highest BCUT2D eigenvalue weighted by atomic mass is 14.6. The maximum atomic E-state index is 6.99. The summed E-state index contributed by atoms with van der Waals surface area (Å²) in [5, 5.41) is 6.99. The third-order valence-corrected chi connectivity index (χ3v) is 1.28. The van der Waals surface area contributed by atoms with Crippen LogP contribution in [0.1, 0.15) is 19.8 Å². The van der Waals surface area contributed by atoms with E-state index in [1.165, 1.54) is 6.21 Å². The first kappa shape index (κ1) is 9.82. The molecule has 0 rings (SSSR count). The fourth-order valence-corrected chi connectivity index (χ4v) is 0.708. The van der Waals surface area contributed by atoms with Gasteiger partial charge in [-0.15, -0.1) is 0 Å². The van der Waals surface area contributed by atoms with Crippen LogP contribution in [-0.2, 0) is 0 Å². The molecule has 60 valence electrons. The summed E-state index contributed by atoms with van der Waals surface area (Å²) in [6.45, 7) is 5.31. The van der Waals surface area contributed by atoms with Crippen molar-refractivity contribution in [1.82, 2.24) is 0 Å². The average Bonchev–Trinajstić information content (AvgIpc) is 2.03. The van der Waals surface area contributed by atoms with Gasteiger partial charge < -0.3 is 5.41 Å². The fraction of sp³-hybridized carbons (Fsp3) is 0.333. The predicted octanol–water partition coefficient (Wildman–Crippen LogP) is 2.58. The average molecular weight is 150 g/mol. The molecular formula is C9H14N2. The number of allylic oxidation sites excluding steroid dienone is 3. The standard InChI is InChI=1S/C9H14N2/c1-3-4-5-6-9(7-10)8-11-2/h3-4,7-8,10H,2,5-6H2,1H3/b4-3+,9-8-,10-7?. The highest BCUT2D eigenvalue weighted by molar-refractivity contribution is 5.75. The van der Waals surface area contributed by atoms with E-state index in [1.807, 2.05) is 13.0 Å². The molecule has 0 unspecified atom stereocenters. The molecule has 0 aromatic heterocycles. The summed E-state index contributed by atoms with van der Waals surface area (Å²) in [4.78, 5) is 3.60. The van der Waals surface area contributed by atoms with Crippen molar-refractivity contribution in [2.75, 3.05) is 0 Å². The van der Waals surface area contributed by atoms with Crippen molar-refractivity contribution in [2.45, 2.75) is 19.8 Å². The van der Waals surface area contributed by atoms with Crippen LogP contribution < -0.4 is 0 Å². The second kappa shape index (κ2) is 6.93. The zero-order valence-corrected chi connectivity index (χ0v) is 6.88. The van der Waals surface area contributed by atoms with Crippen LogP contribution in [0.3, 0.4) is 0 Å². The van der Waals surface area contributed by atoms with Crippen molar-refractivity contribution < 1.29 is 0 Å². The number of hydrogen-bond donors (Lipinski definition) is 1. The van der Waals surface area contributed by atoms with Crippen molar-refractivity contribution in [3.63, 3.8) is 0 Å². The Kier molecular flexibility index (Phi) is 6.19. The van der Waals surface area contributed by atoms with E-state index in [0.717, 1.165) is 18.4 Å². The van der Waals surface area contributed by atoms with Crippen LogP contribution in [0.5, 0.6) is 0 Å². The first-order chi connectivity index (χ1) is 5.35. The highest BCUT2D eigenvalue weighted by Crippen LogP contribution is 2.02. The first-order valence-corrected chi connectivity index (χ1v) is 3.61. The van der Waals surface area contributed by atoms with Crippen molar-refractivity contribution in [3.05, 3.63) is 23.9 Å². The molecule has 0 fully saturated rings. The van der Waals surface area contributed by atoms with E-state index in [2.05, 4.69) is 17.8 Å². The van der Waals surface area contributed by atoms with Gasteiger partial charge in [-0.3, -0.25) is 4.99 Å². The summed E-state index contributed by atoms with van der Waals surface area (Å²) in [6, 6.07) is 0. The Morgan fingerprint density at radius 3 is 2.82 bits per heavy atom. The van der Waals surface area contributed by atoms with Crippen molar-refractivity contribution in [2.24, 2.45) is 4.99 Å². The Morgan fingerprint density at radius 2 is 2.36 bits per heavy atom. The largest absolute Gasteiger partial charge is 0.308 e. The minimum Gasteiger partial charge on any atom is -0.308 e. The van der Waals surface area contributed by atoms with Crippen LogP contribution >= 0.6 is 0 Å². The van der Waals surface area contributed by atoms with Gasteiger partial charge in [-0.05, 0) is 32.1 Å². The number of aliphatic imine (C=N–C) groups is 1. The molecule has 0 aliphatic heterocycles. The summed E-state index contributed by atoms with van der Waals surface area (Å²) >= 11 is 0. The summed E-state index contributed by atoms with van der Waals surface area (Å²) in [7, 11) is 0. The molecular weight excluding hydrogens is 136 g/mol. The monoisotopic (exact) mass is 150 g/mol. The fourth-order valence-electron chi connectivity index (χ4n) is 0.708. The van der Waals surface area contributed by atoms with Gasteiger partial charge in [0.25, 0.3) is 0 Å². The normalized spacial score (nSPS) is 11.9. The summed E-state index contributed by atoms with van der Waals surface area (Å²) in [5.41, 5.74) is 0.915. The molecule has 0 bridgehead atoms. The van der Waals surface area contributed by atoms with Crippen LogP contribution in [0.15, 0.2) is 28.9 Å². The Balaban J connectivity index is 3.78. The van der Waals surface area contributed by atoms with Gasteiger partial charge in [-0.1, -0.05) is 12.2 Å². The third-order valence-electron chi connectivity index (χ3n) is 1.28. The van der Waals surface area contributed by atoms with Crippen LogP contribution in [-0.4, -0.2) is 12.9 Å². The van der Waals surface area contributed by atoms with Gasteiger partial charge in [0.15, 0.2) is 0 Å². The number of hydrogen-bond acceptors (Lipinski definition) is 2. The first-order valence-electron chi connectivity index (χ1n) is 3.61. The Labute approximate surface area is 67.9 Å². The van der Waals surface area contributed by atoms with Crippen LogP contribution in [0.2, 0.25) is 0 Å². The van der Waals surface area contributed by atoms with Gasteiger partial charge in [0.05, 0.1) is 0 Å². The second-order valence-electron chi connectivity index (χ2n) is 2.14. The summed E-state index contributed by atoms with van der Waals surface area (Å²) in [5.74, 6) is 0. The second-order valence-corrected chi connectivity index (χ2v) is 2.14. The van der Waals surface area contributed by atoms with E-state index < -0.39 is 0 Å². The molecule has 0 aromatic rings. The topological polar surface area (TPSA) is 36.2 Å². The predicted molar refractivity (Wildman–Crippen MR) is 50.5 cm³/mol. The van der Waals surface area contributed by atoms with E-state index in [1.54, 1.807) is 6.20 Å². The lowest BCUT2D eigenvalue weighted by atomic mass is 10.1. The minimum atomic E-state index is 0.868. The van der Waals surface area contributed by atoms with Crippen molar-refractivity contribution in [1.29, 1.82) is 5.41 Å². The molecule has 11 heavy (non-hydrogen) atoms. The zero-order valence-electron chi connectivity index (χ0n) is 6.88. The lowest BCUT2D eigenvalue weighted by molar-refractivity contribution is 1.02. The molecule has 2 heteroatoms. The van der Waals surface area contributed by atoms with Gasteiger partial charge in [-0.2, -0.15) is 0 Å². The lowest BCUT2D eigenvalue weighted by Gasteiger charge is -1.93. The van der Waals surface area contributed by atoms with E-state index in [4.69, 9.17) is 5.41 Å². The maximum absolute atomic E-state index is 6.99. The van der Waals surface area contributed by atoms with Gasteiger partial charge in [0.2, 0.25) is 0 Å². The Hall–Kier alpha value is -1.18. The third kappa shape index (κ3) is 5.27. The van der Waals surface area contributed by atoms with Gasteiger partial charge in [-0.25, -0.2) is 0 Å². The molecule has 0 aromatic carbocycles. The summed E-state index contributed by atoms with van der Waals surface area (Å²) < 4.78 is 0. The van der Waals surface area contributed by atoms with Crippen molar-refractivity contribution >= 4 is 12.9 Å². The Morgan fingerprint density at radius 1 is 1.64 bits per heavy atom. The molecule has 0 radical (unpaired) electrons. The number of nitrogens with one attached hydrogen (secondary N) is 1. The maximum Gasteiger partial charge on any atom is 0.0307 e. The SMILES string of the molecule is C=N/C=C(\C=N)CC/C=C/C. The Bertz CT molecular complexity index is 178. The smallest absolute Gasteiger partial charge is 0.0307 e. The molecule has 0 amide bonds. The molecule has 2 nitrogen and oxygen atoms in total. The van der Waals surface area contributed by atoms with E-state index in [0.29, 0.717) is 0 Å². The molecule has 0 heterocycles. The zero-order chi connectivity index (χ0) is 8.53. The molecule has 0 aliphatic carbocycles. The molecule has 0 spiro atoms. The molecule has 0 saturated heterocycles. The van der Waals surface area contributed by atoms with Crippen LogP contribution in [0, 0.1) is 5.41 Å². The minimum absolute atomic E-state index is 0.868.